The van der Waals surface area contributed by atoms with E-state index in [1.807, 2.05) is 20.8 Å². The van der Waals surface area contributed by atoms with Crippen molar-refractivity contribution in [3.8, 4) is 0 Å². The fraction of sp³-hybridized carbons (Fsp3) is 0.944. The molecule has 128 valence electrons. The second-order valence-electron chi connectivity index (χ2n) is 8.55. The maximum Gasteiger partial charge on any atom is 0.407 e. The molecule has 2 aliphatic rings. The highest BCUT2D eigenvalue weighted by Gasteiger charge is 2.34. The molecule has 2 aliphatic carbocycles. The van der Waals surface area contributed by atoms with Crippen LogP contribution in [0.2, 0.25) is 0 Å². The summed E-state index contributed by atoms with van der Waals surface area (Å²) in [6, 6.07) is 1.52. The van der Waals surface area contributed by atoms with Gasteiger partial charge in [-0.05, 0) is 58.3 Å². The molecule has 2 atom stereocenters. The van der Waals surface area contributed by atoms with Crippen LogP contribution in [-0.4, -0.2) is 29.8 Å². The minimum Gasteiger partial charge on any atom is -0.444 e. The number of nitrogens with one attached hydrogen (secondary N) is 2. The molecule has 4 heteroatoms. The largest absolute Gasteiger partial charge is 0.444 e. The van der Waals surface area contributed by atoms with E-state index in [0.29, 0.717) is 12.1 Å². The molecule has 0 aromatic rings. The Balaban J connectivity index is 1.64. The van der Waals surface area contributed by atoms with E-state index in [1.165, 1.54) is 25.7 Å². The summed E-state index contributed by atoms with van der Waals surface area (Å²) in [5.41, 5.74) is -0.417. The maximum atomic E-state index is 11.7. The Morgan fingerprint density at radius 2 is 1.73 bits per heavy atom. The summed E-state index contributed by atoms with van der Waals surface area (Å²) in [4.78, 5) is 11.7. The molecule has 0 aromatic heterocycles. The summed E-state index contributed by atoms with van der Waals surface area (Å²) in [6.07, 6.45) is 7.15. The van der Waals surface area contributed by atoms with Crippen molar-refractivity contribution in [2.24, 2.45) is 11.8 Å². The zero-order chi connectivity index (χ0) is 16.3. The Morgan fingerprint density at radius 1 is 1.05 bits per heavy atom. The van der Waals surface area contributed by atoms with Crippen molar-refractivity contribution in [2.45, 2.75) is 96.9 Å². The van der Waals surface area contributed by atoms with Crippen molar-refractivity contribution in [3.05, 3.63) is 0 Å². The average molecular weight is 310 g/mol. The van der Waals surface area contributed by atoms with Gasteiger partial charge in [-0.25, -0.2) is 4.79 Å². The smallest absolute Gasteiger partial charge is 0.407 e. The van der Waals surface area contributed by atoms with Crippen LogP contribution in [0.5, 0.6) is 0 Å². The van der Waals surface area contributed by atoms with Crippen molar-refractivity contribution >= 4 is 6.09 Å². The highest BCUT2D eigenvalue weighted by molar-refractivity contribution is 5.68. The van der Waals surface area contributed by atoms with Crippen LogP contribution < -0.4 is 10.6 Å². The van der Waals surface area contributed by atoms with Crippen molar-refractivity contribution < 1.29 is 9.53 Å². The third-order valence-electron chi connectivity index (χ3n) is 4.99. The SMILES string of the molecule is CC(C)C1CCCC(NC2CC(NC(=O)OC(C)(C)C)C2)C1. The van der Waals surface area contributed by atoms with E-state index in [0.717, 1.165) is 24.7 Å². The van der Waals surface area contributed by atoms with Crippen LogP contribution in [0.3, 0.4) is 0 Å². The lowest BCUT2D eigenvalue weighted by Crippen LogP contribution is -2.55. The molecule has 4 nitrogen and oxygen atoms in total. The van der Waals surface area contributed by atoms with E-state index >= 15 is 0 Å². The van der Waals surface area contributed by atoms with E-state index in [9.17, 15) is 4.79 Å². The van der Waals surface area contributed by atoms with Crippen LogP contribution in [0.15, 0.2) is 0 Å². The first kappa shape index (κ1) is 17.6. The van der Waals surface area contributed by atoms with Crippen molar-refractivity contribution in [3.63, 3.8) is 0 Å². The standard InChI is InChI=1S/C18H34N2O2/c1-12(2)13-7-6-8-14(9-13)19-15-10-16(11-15)20-17(21)22-18(3,4)5/h12-16,19H,6-11H2,1-5H3,(H,20,21). The molecule has 22 heavy (non-hydrogen) atoms. The first-order chi connectivity index (χ1) is 10.2. The molecule has 2 unspecified atom stereocenters. The summed E-state index contributed by atoms with van der Waals surface area (Å²) < 4.78 is 5.30. The molecule has 1 amide bonds. The van der Waals surface area contributed by atoms with Crippen molar-refractivity contribution in [1.82, 2.24) is 10.6 Å². The van der Waals surface area contributed by atoms with E-state index < -0.39 is 5.60 Å². The van der Waals surface area contributed by atoms with Crippen LogP contribution in [0.4, 0.5) is 4.79 Å². The Bertz CT molecular complexity index is 370. The maximum absolute atomic E-state index is 11.7. The molecular weight excluding hydrogens is 276 g/mol. The molecule has 0 saturated heterocycles. The van der Waals surface area contributed by atoms with Gasteiger partial charge in [-0.3, -0.25) is 0 Å². The Hall–Kier alpha value is -0.770. The number of carbonyl (C=O) groups is 1. The van der Waals surface area contributed by atoms with Gasteiger partial charge in [0.05, 0.1) is 0 Å². The van der Waals surface area contributed by atoms with Crippen molar-refractivity contribution in [1.29, 1.82) is 0 Å². The third-order valence-corrected chi connectivity index (χ3v) is 4.99. The predicted molar refractivity (Wildman–Crippen MR) is 89.9 cm³/mol. The lowest BCUT2D eigenvalue weighted by Gasteiger charge is -2.41. The van der Waals surface area contributed by atoms with Gasteiger partial charge in [0.1, 0.15) is 5.60 Å². The zero-order valence-corrected chi connectivity index (χ0v) is 14.9. The number of alkyl carbamates (subject to hydrolysis) is 1. The second kappa shape index (κ2) is 7.20. The van der Waals surface area contributed by atoms with Crippen LogP contribution in [0, 0.1) is 11.8 Å². The Labute approximate surface area is 135 Å². The normalized spacial score (nSPS) is 32.5. The molecule has 0 radical (unpaired) electrons. The van der Waals surface area contributed by atoms with E-state index in [4.69, 9.17) is 4.74 Å². The summed E-state index contributed by atoms with van der Waals surface area (Å²) in [7, 11) is 0. The summed E-state index contributed by atoms with van der Waals surface area (Å²) >= 11 is 0. The van der Waals surface area contributed by atoms with Crippen LogP contribution in [0.25, 0.3) is 0 Å². The average Bonchev–Trinajstić information content (AvgIpc) is 2.34. The van der Waals surface area contributed by atoms with Gasteiger partial charge in [0.2, 0.25) is 0 Å². The molecule has 2 N–H and O–H groups in total. The number of hydrogen-bond acceptors (Lipinski definition) is 3. The molecule has 0 aromatic carbocycles. The first-order valence-electron chi connectivity index (χ1n) is 8.98. The van der Waals surface area contributed by atoms with E-state index in [1.54, 1.807) is 0 Å². The van der Waals surface area contributed by atoms with Gasteiger partial charge in [-0.15, -0.1) is 0 Å². The van der Waals surface area contributed by atoms with Crippen LogP contribution >= 0.6 is 0 Å². The predicted octanol–water partition coefficient (Wildman–Crippen LogP) is 3.85. The van der Waals surface area contributed by atoms with Gasteiger partial charge in [-0.2, -0.15) is 0 Å². The second-order valence-corrected chi connectivity index (χ2v) is 8.55. The summed E-state index contributed by atoms with van der Waals surface area (Å²) in [5, 5.41) is 6.77. The number of rotatable bonds is 4. The topological polar surface area (TPSA) is 50.4 Å². The molecule has 0 aliphatic heterocycles. The number of hydrogen-bond donors (Lipinski definition) is 2. The van der Waals surface area contributed by atoms with Crippen LogP contribution in [0.1, 0.15) is 73.1 Å². The number of carbonyl (C=O) groups excluding carboxylic acids is 1. The van der Waals surface area contributed by atoms with Gasteiger partial charge >= 0.3 is 6.09 Å². The van der Waals surface area contributed by atoms with Crippen molar-refractivity contribution in [2.75, 3.05) is 0 Å². The number of ether oxygens (including phenoxy) is 1. The lowest BCUT2D eigenvalue weighted by atomic mass is 9.78. The molecule has 0 heterocycles. The first-order valence-corrected chi connectivity index (χ1v) is 8.98. The van der Waals surface area contributed by atoms with E-state index in [2.05, 4.69) is 24.5 Å². The molecule has 2 fully saturated rings. The minimum absolute atomic E-state index is 0.275. The Morgan fingerprint density at radius 3 is 2.32 bits per heavy atom. The lowest BCUT2D eigenvalue weighted by molar-refractivity contribution is 0.0459. The van der Waals surface area contributed by atoms with Crippen LogP contribution in [-0.2, 0) is 4.74 Å². The highest BCUT2D eigenvalue weighted by atomic mass is 16.6. The van der Waals surface area contributed by atoms with Gasteiger partial charge < -0.3 is 15.4 Å². The fourth-order valence-electron chi connectivity index (χ4n) is 3.66. The quantitative estimate of drug-likeness (QED) is 0.829. The Kier molecular flexibility index (Phi) is 5.76. The minimum atomic E-state index is -0.417. The van der Waals surface area contributed by atoms with Gasteiger partial charge in [0.15, 0.2) is 0 Å². The van der Waals surface area contributed by atoms with Gasteiger partial charge in [0, 0.05) is 18.1 Å². The molecule has 2 rings (SSSR count). The fourth-order valence-corrected chi connectivity index (χ4v) is 3.66. The molecule has 0 spiro atoms. The molecular formula is C18H34N2O2. The molecule has 2 saturated carbocycles. The summed E-state index contributed by atoms with van der Waals surface area (Å²) in [6.45, 7) is 10.4. The summed E-state index contributed by atoms with van der Waals surface area (Å²) in [5.74, 6) is 1.68. The third kappa shape index (κ3) is 5.45. The monoisotopic (exact) mass is 310 g/mol. The zero-order valence-electron chi connectivity index (χ0n) is 14.9. The number of amides is 1. The van der Waals surface area contributed by atoms with E-state index in [-0.39, 0.29) is 12.1 Å². The van der Waals surface area contributed by atoms with Gasteiger partial charge in [0.25, 0.3) is 0 Å². The molecule has 0 bridgehead atoms. The highest BCUT2D eigenvalue weighted by Crippen LogP contribution is 2.31. The van der Waals surface area contributed by atoms with Gasteiger partial charge in [-0.1, -0.05) is 26.7 Å².